The Labute approximate surface area is 94.4 Å². The van der Waals surface area contributed by atoms with Crippen molar-refractivity contribution in [2.45, 2.75) is 64.0 Å². The summed E-state index contributed by atoms with van der Waals surface area (Å²) in [6.45, 7) is 6.24. The molecule has 88 valence electrons. The minimum absolute atomic E-state index is 0.783. The van der Waals surface area contributed by atoms with Crippen molar-refractivity contribution in [2.24, 2.45) is 0 Å². The Hall–Kier alpha value is -0.0800. The predicted octanol–water partition coefficient (Wildman–Crippen LogP) is 2.39. The van der Waals surface area contributed by atoms with E-state index in [0.717, 1.165) is 12.1 Å². The van der Waals surface area contributed by atoms with Gasteiger partial charge >= 0.3 is 0 Å². The topological polar surface area (TPSA) is 15.3 Å². The summed E-state index contributed by atoms with van der Waals surface area (Å²) in [5, 5.41) is 3.67. The van der Waals surface area contributed by atoms with Crippen molar-refractivity contribution in [1.82, 2.24) is 10.2 Å². The Balaban J connectivity index is 1.79. The molecule has 0 aromatic heterocycles. The van der Waals surface area contributed by atoms with Crippen LogP contribution in [0.2, 0.25) is 0 Å². The van der Waals surface area contributed by atoms with Gasteiger partial charge in [0.15, 0.2) is 0 Å². The zero-order chi connectivity index (χ0) is 10.5. The summed E-state index contributed by atoms with van der Waals surface area (Å²) in [5.41, 5.74) is 0. The van der Waals surface area contributed by atoms with Crippen LogP contribution in [0.15, 0.2) is 0 Å². The molecule has 0 spiro atoms. The molecule has 2 aliphatic rings. The van der Waals surface area contributed by atoms with E-state index in [9.17, 15) is 0 Å². The summed E-state index contributed by atoms with van der Waals surface area (Å²) in [7, 11) is 0. The van der Waals surface area contributed by atoms with E-state index in [0.29, 0.717) is 0 Å². The average molecular weight is 210 g/mol. The Morgan fingerprint density at radius 2 is 2.00 bits per heavy atom. The molecule has 2 heterocycles. The Morgan fingerprint density at radius 3 is 2.73 bits per heavy atom. The molecule has 15 heavy (non-hydrogen) atoms. The van der Waals surface area contributed by atoms with Crippen molar-refractivity contribution < 1.29 is 0 Å². The molecule has 2 heteroatoms. The summed E-state index contributed by atoms with van der Waals surface area (Å²) in [5.74, 6) is 0. The lowest BCUT2D eigenvalue weighted by Gasteiger charge is -2.38. The first-order valence-electron chi connectivity index (χ1n) is 6.87. The number of nitrogens with one attached hydrogen (secondary N) is 1. The van der Waals surface area contributed by atoms with Crippen LogP contribution in [0.4, 0.5) is 0 Å². The Kier molecular flexibility index (Phi) is 4.45. The third-order valence-corrected chi connectivity index (χ3v) is 4.09. The SMILES string of the molecule is CC[C@H]1CCCCN1C[C@@H]1CCCCN1. The van der Waals surface area contributed by atoms with Crippen LogP contribution in [-0.4, -0.2) is 36.6 Å². The lowest BCUT2D eigenvalue weighted by Crippen LogP contribution is -2.48. The van der Waals surface area contributed by atoms with Gasteiger partial charge in [0.25, 0.3) is 0 Å². The number of rotatable bonds is 3. The smallest absolute Gasteiger partial charge is 0.0195 e. The van der Waals surface area contributed by atoms with Crippen LogP contribution in [0.25, 0.3) is 0 Å². The van der Waals surface area contributed by atoms with Crippen LogP contribution in [0, 0.1) is 0 Å². The van der Waals surface area contributed by atoms with Crippen LogP contribution in [-0.2, 0) is 0 Å². The quantitative estimate of drug-likeness (QED) is 0.769. The molecule has 0 saturated carbocycles. The molecule has 1 N–H and O–H groups in total. The molecule has 0 amide bonds. The first-order valence-corrected chi connectivity index (χ1v) is 6.87. The number of nitrogens with zero attached hydrogens (tertiary/aromatic N) is 1. The maximum atomic E-state index is 3.67. The number of hydrogen-bond donors (Lipinski definition) is 1. The minimum atomic E-state index is 0.783. The average Bonchev–Trinajstić information content (AvgIpc) is 2.31. The third kappa shape index (κ3) is 3.18. The second-order valence-corrected chi connectivity index (χ2v) is 5.20. The maximum Gasteiger partial charge on any atom is 0.0195 e. The molecular formula is C13H26N2. The molecule has 2 aliphatic heterocycles. The molecule has 2 fully saturated rings. The zero-order valence-corrected chi connectivity index (χ0v) is 10.2. The van der Waals surface area contributed by atoms with Crippen molar-refractivity contribution in [2.75, 3.05) is 19.6 Å². The van der Waals surface area contributed by atoms with Gasteiger partial charge in [0.1, 0.15) is 0 Å². The summed E-state index contributed by atoms with van der Waals surface area (Å²) in [6, 6.07) is 1.66. The van der Waals surface area contributed by atoms with Gasteiger partial charge in [0.05, 0.1) is 0 Å². The molecule has 2 nitrogen and oxygen atoms in total. The summed E-state index contributed by atoms with van der Waals surface area (Å²) < 4.78 is 0. The Morgan fingerprint density at radius 1 is 1.13 bits per heavy atom. The van der Waals surface area contributed by atoms with Crippen LogP contribution < -0.4 is 5.32 Å². The largest absolute Gasteiger partial charge is 0.313 e. The highest BCUT2D eigenvalue weighted by atomic mass is 15.2. The van der Waals surface area contributed by atoms with Gasteiger partial charge in [-0.1, -0.05) is 19.8 Å². The van der Waals surface area contributed by atoms with E-state index in [4.69, 9.17) is 0 Å². The maximum absolute atomic E-state index is 3.67. The molecule has 2 saturated heterocycles. The molecule has 0 unspecified atom stereocenters. The van der Waals surface area contributed by atoms with E-state index in [1.165, 1.54) is 64.6 Å². The van der Waals surface area contributed by atoms with E-state index >= 15 is 0 Å². The standard InChI is InChI=1S/C13H26N2/c1-2-13-8-4-6-10-15(13)11-12-7-3-5-9-14-12/h12-14H,2-11H2,1H3/t12-,13-/m0/s1. The van der Waals surface area contributed by atoms with Crippen molar-refractivity contribution in [3.8, 4) is 0 Å². The monoisotopic (exact) mass is 210 g/mol. The van der Waals surface area contributed by atoms with Crippen molar-refractivity contribution in [3.63, 3.8) is 0 Å². The normalized spacial score (nSPS) is 34.2. The predicted molar refractivity (Wildman–Crippen MR) is 65.1 cm³/mol. The molecule has 2 atom stereocenters. The summed E-state index contributed by atoms with van der Waals surface area (Å²) in [6.07, 6.45) is 9.86. The second kappa shape index (κ2) is 5.86. The summed E-state index contributed by atoms with van der Waals surface area (Å²) in [4.78, 5) is 2.74. The van der Waals surface area contributed by atoms with E-state index in [1.807, 2.05) is 0 Å². The van der Waals surface area contributed by atoms with E-state index in [2.05, 4.69) is 17.1 Å². The van der Waals surface area contributed by atoms with Crippen LogP contribution in [0.3, 0.4) is 0 Å². The van der Waals surface area contributed by atoms with Crippen molar-refractivity contribution >= 4 is 0 Å². The highest BCUT2D eigenvalue weighted by Gasteiger charge is 2.24. The minimum Gasteiger partial charge on any atom is -0.313 e. The van der Waals surface area contributed by atoms with E-state index in [-0.39, 0.29) is 0 Å². The van der Waals surface area contributed by atoms with Gasteiger partial charge in [-0.05, 0) is 45.2 Å². The lowest BCUT2D eigenvalue weighted by molar-refractivity contribution is 0.123. The lowest BCUT2D eigenvalue weighted by atomic mass is 9.97. The van der Waals surface area contributed by atoms with Gasteiger partial charge in [-0.2, -0.15) is 0 Å². The number of likely N-dealkylation sites (tertiary alicyclic amines) is 1. The highest BCUT2D eigenvalue weighted by Crippen LogP contribution is 2.20. The fourth-order valence-corrected chi connectivity index (χ4v) is 3.13. The first-order chi connectivity index (χ1) is 7.40. The summed E-state index contributed by atoms with van der Waals surface area (Å²) >= 11 is 0. The molecule has 0 aromatic rings. The van der Waals surface area contributed by atoms with Crippen LogP contribution >= 0.6 is 0 Å². The van der Waals surface area contributed by atoms with E-state index < -0.39 is 0 Å². The fourth-order valence-electron chi connectivity index (χ4n) is 3.13. The van der Waals surface area contributed by atoms with E-state index in [1.54, 1.807) is 0 Å². The van der Waals surface area contributed by atoms with Gasteiger partial charge in [0.2, 0.25) is 0 Å². The molecule has 0 bridgehead atoms. The van der Waals surface area contributed by atoms with Crippen LogP contribution in [0.5, 0.6) is 0 Å². The van der Waals surface area contributed by atoms with Crippen LogP contribution in [0.1, 0.15) is 51.9 Å². The van der Waals surface area contributed by atoms with Gasteiger partial charge in [-0.25, -0.2) is 0 Å². The second-order valence-electron chi connectivity index (χ2n) is 5.20. The van der Waals surface area contributed by atoms with Gasteiger partial charge in [-0.3, -0.25) is 4.90 Å². The van der Waals surface area contributed by atoms with Crippen molar-refractivity contribution in [1.29, 1.82) is 0 Å². The van der Waals surface area contributed by atoms with Gasteiger partial charge in [0, 0.05) is 18.6 Å². The van der Waals surface area contributed by atoms with Gasteiger partial charge in [-0.15, -0.1) is 0 Å². The molecule has 2 rings (SSSR count). The molecule has 0 radical (unpaired) electrons. The first kappa shape index (κ1) is 11.4. The molecule has 0 aliphatic carbocycles. The number of hydrogen-bond acceptors (Lipinski definition) is 2. The zero-order valence-electron chi connectivity index (χ0n) is 10.2. The van der Waals surface area contributed by atoms with Gasteiger partial charge < -0.3 is 5.32 Å². The molecular weight excluding hydrogens is 184 g/mol. The fraction of sp³-hybridized carbons (Fsp3) is 1.00. The Bertz CT molecular complexity index is 175. The third-order valence-electron chi connectivity index (χ3n) is 4.09. The number of piperidine rings is 2. The molecule has 0 aromatic carbocycles. The van der Waals surface area contributed by atoms with Crippen molar-refractivity contribution in [3.05, 3.63) is 0 Å². The highest BCUT2D eigenvalue weighted by molar-refractivity contribution is 4.82.